The van der Waals surface area contributed by atoms with Gasteiger partial charge in [0, 0.05) is 0 Å². The van der Waals surface area contributed by atoms with Crippen LogP contribution in [0.25, 0.3) is 0 Å². The van der Waals surface area contributed by atoms with Crippen molar-refractivity contribution >= 4 is 19.4 Å². The first-order chi connectivity index (χ1) is 5.65. The van der Waals surface area contributed by atoms with Crippen LogP contribution in [0.4, 0.5) is 0 Å². The fourth-order valence-corrected chi connectivity index (χ4v) is 2.49. The van der Waals surface area contributed by atoms with E-state index >= 15 is 0 Å². The first kappa shape index (κ1) is 9.32. The minimum atomic E-state index is -0.0120. The topological polar surface area (TPSA) is 23.8 Å². The van der Waals surface area contributed by atoms with Gasteiger partial charge in [-0.15, -0.1) is 0 Å². The number of nitrogens with zero attached hydrogens (tertiary/aromatic N) is 1. The number of hydrogen-bond acceptors (Lipinski definition) is 1. The van der Waals surface area contributed by atoms with Gasteiger partial charge in [0.05, 0.1) is 0 Å². The molecule has 0 spiro atoms. The number of rotatable bonds is 1. The molecule has 0 bridgehead atoms. The van der Waals surface area contributed by atoms with Crippen molar-refractivity contribution in [2.24, 2.45) is 0 Å². The van der Waals surface area contributed by atoms with Crippen molar-refractivity contribution in [3.63, 3.8) is 0 Å². The minimum absolute atomic E-state index is 0.0120. The van der Waals surface area contributed by atoms with Crippen LogP contribution in [0.2, 0.25) is 0 Å². The fourth-order valence-electron chi connectivity index (χ4n) is 1.37. The average Bonchev–Trinajstić information content (AvgIpc) is 1.96. The van der Waals surface area contributed by atoms with Crippen LogP contribution in [0.5, 0.6) is 0 Å². The molecule has 12 heavy (non-hydrogen) atoms. The summed E-state index contributed by atoms with van der Waals surface area (Å²) in [5.41, 5.74) is 3.80. The molecule has 2 heteroatoms. The second-order valence-electron chi connectivity index (χ2n) is 2.92. The normalized spacial score (nSPS) is 9.50. The van der Waals surface area contributed by atoms with E-state index < -0.39 is 0 Å². The zero-order chi connectivity index (χ0) is 9.14. The molecule has 0 fully saturated rings. The summed E-state index contributed by atoms with van der Waals surface area (Å²) in [6.07, 6.45) is 0. The number of aryl methyl sites for hydroxylation is 3. The van der Waals surface area contributed by atoms with E-state index in [1.165, 1.54) is 21.2 Å². The van der Waals surface area contributed by atoms with Gasteiger partial charge >= 0.3 is 79.2 Å². The van der Waals surface area contributed by atoms with E-state index in [-0.39, 0.29) is 15.0 Å². The molecule has 0 aliphatic heterocycles. The van der Waals surface area contributed by atoms with Crippen LogP contribution in [-0.2, 0) is 0 Å². The molecule has 0 aliphatic carbocycles. The molecular weight excluding hydrogens is 213 g/mol. The van der Waals surface area contributed by atoms with Crippen molar-refractivity contribution < 1.29 is 0 Å². The Morgan fingerprint density at radius 2 is 1.67 bits per heavy atom. The molecule has 0 saturated carbocycles. The van der Waals surface area contributed by atoms with Gasteiger partial charge < -0.3 is 0 Å². The summed E-state index contributed by atoms with van der Waals surface area (Å²) in [4.78, 5) is 2.25. The Morgan fingerprint density at radius 1 is 1.17 bits per heavy atom. The molecule has 1 rings (SSSR count). The third-order valence-electron chi connectivity index (χ3n) is 1.75. The first-order valence-corrected chi connectivity index (χ1v) is 5.50. The van der Waals surface area contributed by atoms with Crippen LogP contribution in [0.3, 0.4) is 0 Å². The van der Waals surface area contributed by atoms with Crippen LogP contribution >= 0.6 is 0 Å². The van der Waals surface area contributed by atoms with Gasteiger partial charge in [-0.1, -0.05) is 0 Å². The molecule has 0 amide bonds. The number of hydrogen-bond donors (Lipinski definition) is 0. The Kier molecular flexibility index (Phi) is 2.92. The molecule has 1 nitrogen and oxygen atoms in total. The van der Waals surface area contributed by atoms with Gasteiger partial charge in [-0.3, -0.25) is 0 Å². The summed E-state index contributed by atoms with van der Waals surface area (Å²) in [7, 11) is 0. The van der Waals surface area contributed by atoms with Gasteiger partial charge in [-0.25, -0.2) is 0 Å². The van der Waals surface area contributed by atoms with Crippen LogP contribution in [0.1, 0.15) is 16.7 Å². The van der Waals surface area contributed by atoms with Crippen molar-refractivity contribution in [3.05, 3.63) is 28.8 Å². The Balaban J connectivity index is 3.21. The van der Waals surface area contributed by atoms with Crippen molar-refractivity contribution in [2.45, 2.75) is 20.8 Å². The molecule has 0 saturated heterocycles. The molecule has 1 aromatic carbocycles. The second kappa shape index (κ2) is 3.76. The molecule has 0 unspecified atom stereocenters. The van der Waals surface area contributed by atoms with Crippen molar-refractivity contribution in [2.75, 3.05) is 0 Å². The monoisotopic (exact) mass is 225 g/mol. The van der Waals surface area contributed by atoms with Gasteiger partial charge in [0.2, 0.25) is 0 Å². The Labute approximate surface area is 79.6 Å². The van der Waals surface area contributed by atoms with Gasteiger partial charge in [-0.2, -0.15) is 0 Å². The zero-order valence-corrected chi connectivity index (χ0v) is 9.22. The third-order valence-corrected chi connectivity index (χ3v) is 3.72. The summed E-state index contributed by atoms with van der Waals surface area (Å²) < 4.78 is 1.25. The van der Waals surface area contributed by atoms with E-state index in [1.807, 2.05) is 0 Å². The predicted molar refractivity (Wildman–Crippen MR) is 51.7 cm³/mol. The molecule has 1 aromatic rings. The van der Waals surface area contributed by atoms with E-state index in [0.29, 0.717) is 0 Å². The predicted octanol–water partition coefficient (Wildman–Crippen LogP) is 1.42. The molecule has 0 heterocycles. The van der Waals surface area contributed by atoms with Crippen LogP contribution < -0.4 is 4.46 Å². The summed E-state index contributed by atoms with van der Waals surface area (Å²) >= 11 is -0.0120. The summed E-state index contributed by atoms with van der Waals surface area (Å²) in [5.74, 6) is 0. The van der Waals surface area contributed by atoms with E-state index in [0.717, 1.165) is 0 Å². The maximum atomic E-state index is 8.62. The summed E-state index contributed by atoms with van der Waals surface area (Å²) in [6, 6.07) is 4.28. The average molecular weight is 224 g/mol. The van der Waals surface area contributed by atoms with Gasteiger partial charge in [0.15, 0.2) is 0 Å². The Morgan fingerprint density at radius 3 is 2.08 bits per heavy atom. The molecule has 0 N–H and O–H groups in total. The molecule has 0 aliphatic rings. The Bertz CT molecular complexity index is 313. The van der Waals surface area contributed by atoms with Crippen molar-refractivity contribution in [1.82, 2.24) is 0 Å². The van der Waals surface area contributed by atoms with Crippen molar-refractivity contribution in [3.8, 4) is 4.97 Å². The molecule has 0 radical (unpaired) electrons. The van der Waals surface area contributed by atoms with E-state index in [4.69, 9.17) is 5.26 Å². The number of benzene rings is 1. The van der Waals surface area contributed by atoms with Crippen LogP contribution in [-0.4, -0.2) is 15.0 Å². The standard InChI is InChI=1S/C10H11NSe/c1-7-4-8(2)10(12-6-11)9(3)5-7/h4-5H,1-3H3. The Hall–Kier alpha value is -0.771. The fraction of sp³-hybridized carbons (Fsp3) is 0.300. The van der Waals surface area contributed by atoms with Gasteiger partial charge in [-0.05, 0) is 0 Å². The maximum absolute atomic E-state index is 8.62. The third kappa shape index (κ3) is 1.88. The van der Waals surface area contributed by atoms with E-state index in [1.54, 1.807) is 0 Å². The molecular formula is C10H11NSe. The first-order valence-electron chi connectivity index (χ1n) is 3.79. The molecule has 0 atom stereocenters. The number of nitriles is 1. The molecule has 62 valence electrons. The summed E-state index contributed by atoms with van der Waals surface area (Å²) in [5, 5.41) is 8.62. The quantitative estimate of drug-likeness (QED) is 0.662. The summed E-state index contributed by atoms with van der Waals surface area (Å²) in [6.45, 7) is 6.24. The van der Waals surface area contributed by atoms with Crippen LogP contribution in [0.15, 0.2) is 12.1 Å². The van der Waals surface area contributed by atoms with E-state index in [2.05, 4.69) is 37.9 Å². The second-order valence-corrected chi connectivity index (χ2v) is 4.59. The zero-order valence-electron chi connectivity index (χ0n) is 7.51. The SMILES string of the molecule is Cc1cc(C)c([Se]C#N)c(C)c1. The molecule has 0 aromatic heterocycles. The van der Waals surface area contributed by atoms with Gasteiger partial charge in [0.25, 0.3) is 0 Å². The van der Waals surface area contributed by atoms with Crippen LogP contribution in [0, 0.1) is 31.0 Å². The van der Waals surface area contributed by atoms with Gasteiger partial charge in [0.1, 0.15) is 0 Å². The van der Waals surface area contributed by atoms with Crippen molar-refractivity contribution in [1.29, 1.82) is 5.26 Å². The van der Waals surface area contributed by atoms with E-state index in [9.17, 15) is 0 Å².